The number of benzene rings is 1. The summed E-state index contributed by atoms with van der Waals surface area (Å²) in [5.74, 6) is 0. The van der Waals surface area contributed by atoms with E-state index in [4.69, 9.17) is 0 Å². The van der Waals surface area contributed by atoms with Crippen molar-refractivity contribution in [3.8, 4) is 0 Å². The minimum atomic E-state index is 0.0252. The fourth-order valence-electron chi connectivity index (χ4n) is 3.38. The molecule has 0 unspecified atom stereocenters. The van der Waals surface area contributed by atoms with Gasteiger partial charge in [-0.15, -0.1) is 11.3 Å². The van der Waals surface area contributed by atoms with Gasteiger partial charge in [0.1, 0.15) is 0 Å². The van der Waals surface area contributed by atoms with Crippen LogP contribution in [-0.4, -0.2) is 53.6 Å². The van der Waals surface area contributed by atoms with E-state index in [9.17, 15) is 4.79 Å². The number of piperazine rings is 1. The van der Waals surface area contributed by atoms with Gasteiger partial charge in [0, 0.05) is 55.2 Å². The highest BCUT2D eigenvalue weighted by Gasteiger charge is 2.23. The Morgan fingerprint density at radius 2 is 2.00 bits per heavy atom. The number of aryl methyl sites for hydroxylation is 2. The molecule has 0 aliphatic carbocycles. The number of hydrogen-bond acceptors (Lipinski definition) is 4. The summed E-state index contributed by atoms with van der Waals surface area (Å²) in [7, 11) is 0. The predicted molar refractivity (Wildman–Crippen MR) is 111 cm³/mol. The summed E-state index contributed by atoms with van der Waals surface area (Å²) in [6.45, 7) is 7.92. The zero-order valence-electron chi connectivity index (χ0n) is 15.8. The van der Waals surface area contributed by atoms with Gasteiger partial charge in [-0.25, -0.2) is 9.78 Å². The third-order valence-corrected chi connectivity index (χ3v) is 6.24. The van der Waals surface area contributed by atoms with E-state index in [-0.39, 0.29) is 6.03 Å². The van der Waals surface area contributed by atoms with Gasteiger partial charge in [-0.05, 0) is 31.4 Å². The molecule has 4 rings (SSSR count). The van der Waals surface area contributed by atoms with Gasteiger partial charge in [0.25, 0.3) is 0 Å². The highest BCUT2D eigenvalue weighted by Crippen LogP contribution is 2.25. The fourth-order valence-corrected chi connectivity index (χ4v) is 4.34. The van der Waals surface area contributed by atoms with Crippen LogP contribution in [0.5, 0.6) is 0 Å². The topological polar surface area (TPSA) is 64.3 Å². The maximum absolute atomic E-state index is 12.4. The number of fused-ring (bicyclic) bond motifs is 1. The molecule has 1 aromatic carbocycles. The summed E-state index contributed by atoms with van der Waals surface area (Å²) in [5.41, 5.74) is 3.39. The van der Waals surface area contributed by atoms with Crippen molar-refractivity contribution in [1.82, 2.24) is 20.2 Å². The van der Waals surface area contributed by atoms with Crippen molar-refractivity contribution in [2.24, 2.45) is 0 Å². The molecule has 1 saturated heterocycles. The van der Waals surface area contributed by atoms with Crippen LogP contribution in [0.2, 0.25) is 0 Å². The Kier molecular flexibility index (Phi) is 5.03. The van der Waals surface area contributed by atoms with Gasteiger partial charge in [-0.2, -0.15) is 0 Å². The lowest BCUT2D eigenvalue weighted by Crippen LogP contribution is -2.52. The molecule has 0 spiro atoms. The van der Waals surface area contributed by atoms with Crippen LogP contribution < -0.4 is 10.2 Å². The Morgan fingerprint density at radius 3 is 2.70 bits per heavy atom. The molecule has 0 bridgehead atoms. The van der Waals surface area contributed by atoms with Gasteiger partial charge in [-0.1, -0.05) is 18.2 Å². The molecule has 2 aromatic heterocycles. The zero-order valence-corrected chi connectivity index (χ0v) is 16.6. The molecule has 0 saturated carbocycles. The van der Waals surface area contributed by atoms with Gasteiger partial charge in [0.15, 0.2) is 5.13 Å². The number of hydrogen-bond donors (Lipinski definition) is 2. The SMILES string of the molecule is Cc1nc(N2CCN(C(=O)NCCc3cc4ccccc4[nH]3)CC2)sc1C. The van der Waals surface area contributed by atoms with Crippen molar-refractivity contribution in [3.05, 3.63) is 46.6 Å². The van der Waals surface area contributed by atoms with E-state index < -0.39 is 0 Å². The lowest BCUT2D eigenvalue weighted by atomic mass is 10.2. The number of thiazole rings is 1. The van der Waals surface area contributed by atoms with Crippen LogP contribution in [0.25, 0.3) is 10.9 Å². The minimum absolute atomic E-state index is 0.0252. The molecule has 1 fully saturated rings. The Hall–Kier alpha value is -2.54. The molecule has 2 N–H and O–H groups in total. The number of H-pyrrole nitrogens is 1. The molecular weight excluding hydrogens is 358 g/mol. The quantitative estimate of drug-likeness (QED) is 0.726. The molecule has 3 heterocycles. The van der Waals surface area contributed by atoms with E-state index in [1.807, 2.05) is 24.0 Å². The molecule has 3 aromatic rings. The van der Waals surface area contributed by atoms with Crippen molar-refractivity contribution in [2.75, 3.05) is 37.6 Å². The highest BCUT2D eigenvalue weighted by molar-refractivity contribution is 7.15. The molecule has 1 aliphatic heterocycles. The van der Waals surface area contributed by atoms with Crippen LogP contribution in [0.3, 0.4) is 0 Å². The summed E-state index contributed by atoms with van der Waals surface area (Å²) in [6, 6.07) is 10.4. The van der Waals surface area contributed by atoms with Gasteiger partial charge in [0.05, 0.1) is 5.69 Å². The number of urea groups is 1. The lowest BCUT2D eigenvalue weighted by molar-refractivity contribution is 0.194. The number of carbonyl (C=O) groups is 1. The maximum Gasteiger partial charge on any atom is 0.317 e. The zero-order chi connectivity index (χ0) is 18.8. The smallest absolute Gasteiger partial charge is 0.317 e. The first-order chi connectivity index (χ1) is 13.1. The van der Waals surface area contributed by atoms with Gasteiger partial charge >= 0.3 is 6.03 Å². The first-order valence-electron chi connectivity index (χ1n) is 9.38. The van der Waals surface area contributed by atoms with Gasteiger partial charge in [0.2, 0.25) is 0 Å². The molecule has 1 aliphatic rings. The van der Waals surface area contributed by atoms with Gasteiger partial charge < -0.3 is 20.1 Å². The van der Waals surface area contributed by atoms with Crippen LogP contribution in [0, 0.1) is 13.8 Å². The van der Waals surface area contributed by atoms with E-state index in [1.54, 1.807) is 11.3 Å². The average Bonchev–Trinajstić information content (AvgIpc) is 3.24. The first-order valence-corrected chi connectivity index (χ1v) is 10.2. The number of rotatable bonds is 4. The molecule has 7 heteroatoms. The number of aromatic amines is 1. The van der Waals surface area contributed by atoms with E-state index in [0.29, 0.717) is 6.54 Å². The van der Waals surface area contributed by atoms with E-state index in [0.717, 1.165) is 54.6 Å². The summed E-state index contributed by atoms with van der Waals surface area (Å²) in [4.78, 5) is 25.9. The Balaban J connectivity index is 1.24. The number of carbonyl (C=O) groups excluding carboxylic acids is 1. The second-order valence-corrected chi connectivity index (χ2v) is 8.16. The number of nitrogens with zero attached hydrogens (tertiary/aromatic N) is 3. The second kappa shape index (κ2) is 7.60. The standard InChI is InChI=1S/C20H25N5OS/c1-14-15(2)27-20(22-14)25-11-9-24(10-12-25)19(26)21-8-7-17-13-16-5-3-4-6-18(16)23-17/h3-6,13,23H,7-12H2,1-2H3,(H,21,26). The number of aromatic nitrogens is 2. The number of nitrogens with one attached hydrogen (secondary N) is 2. The van der Waals surface area contributed by atoms with Crippen molar-refractivity contribution < 1.29 is 4.79 Å². The summed E-state index contributed by atoms with van der Waals surface area (Å²) in [5, 5.41) is 5.33. The molecule has 142 valence electrons. The van der Waals surface area contributed by atoms with Crippen LogP contribution in [0.15, 0.2) is 30.3 Å². The predicted octanol–water partition coefficient (Wildman–Crippen LogP) is 3.32. The molecular formula is C20H25N5OS. The molecule has 27 heavy (non-hydrogen) atoms. The van der Waals surface area contributed by atoms with Crippen LogP contribution in [-0.2, 0) is 6.42 Å². The Bertz CT molecular complexity index is 886. The van der Waals surface area contributed by atoms with Crippen LogP contribution >= 0.6 is 11.3 Å². The minimum Gasteiger partial charge on any atom is -0.358 e. The first kappa shape index (κ1) is 17.9. The number of anilines is 1. The van der Waals surface area contributed by atoms with E-state index >= 15 is 0 Å². The van der Waals surface area contributed by atoms with Crippen molar-refractivity contribution in [3.63, 3.8) is 0 Å². The average molecular weight is 384 g/mol. The second-order valence-electron chi connectivity index (χ2n) is 6.98. The summed E-state index contributed by atoms with van der Waals surface area (Å²) < 4.78 is 0. The van der Waals surface area contributed by atoms with Crippen molar-refractivity contribution in [2.45, 2.75) is 20.3 Å². The lowest BCUT2D eigenvalue weighted by Gasteiger charge is -2.34. The maximum atomic E-state index is 12.4. The normalized spacial score (nSPS) is 14.7. The molecule has 0 atom stereocenters. The molecule has 2 amide bonds. The summed E-state index contributed by atoms with van der Waals surface area (Å²) >= 11 is 1.74. The third kappa shape index (κ3) is 3.93. The fraction of sp³-hybridized carbons (Fsp3) is 0.400. The van der Waals surface area contributed by atoms with Crippen molar-refractivity contribution in [1.29, 1.82) is 0 Å². The number of para-hydroxylation sites is 1. The summed E-state index contributed by atoms with van der Waals surface area (Å²) in [6.07, 6.45) is 0.804. The molecule has 6 nitrogen and oxygen atoms in total. The monoisotopic (exact) mass is 383 g/mol. The Labute approximate surface area is 163 Å². The van der Waals surface area contributed by atoms with Gasteiger partial charge in [-0.3, -0.25) is 0 Å². The molecule has 0 radical (unpaired) electrons. The Morgan fingerprint density at radius 1 is 1.22 bits per heavy atom. The third-order valence-electron chi connectivity index (χ3n) is 5.11. The highest BCUT2D eigenvalue weighted by atomic mass is 32.1. The van der Waals surface area contributed by atoms with E-state index in [1.165, 1.54) is 10.3 Å². The van der Waals surface area contributed by atoms with E-state index in [2.05, 4.69) is 45.3 Å². The largest absolute Gasteiger partial charge is 0.358 e. The number of amides is 2. The van der Waals surface area contributed by atoms with Crippen LogP contribution in [0.1, 0.15) is 16.3 Å². The van der Waals surface area contributed by atoms with Crippen molar-refractivity contribution >= 4 is 33.4 Å². The van der Waals surface area contributed by atoms with Crippen LogP contribution in [0.4, 0.5) is 9.93 Å².